The number of imide groups is 1. The van der Waals surface area contributed by atoms with Crippen molar-refractivity contribution in [1.82, 2.24) is 15.1 Å². The van der Waals surface area contributed by atoms with Crippen LogP contribution < -0.4 is 15.8 Å². The summed E-state index contributed by atoms with van der Waals surface area (Å²) in [4.78, 5) is 49.9. The van der Waals surface area contributed by atoms with Crippen LogP contribution >= 0.6 is 0 Å². The average molecular weight is 408 g/mol. The van der Waals surface area contributed by atoms with E-state index in [2.05, 4.69) is 15.3 Å². The maximum atomic E-state index is 13.1. The second kappa shape index (κ2) is 7.04. The van der Waals surface area contributed by atoms with Crippen molar-refractivity contribution in [2.24, 2.45) is 11.3 Å². The highest BCUT2D eigenvalue weighted by Crippen LogP contribution is 2.52. The number of anilines is 1. The molecular formula is C22H24N4O4. The van der Waals surface area contributed by atoms with Crippen molar-refractivity contribution in [2.75, 3.05) is 18.0 Å². The number of nitrogens with one attached hydrogen (secondary N) is 1. The van der Waals surface area contributed by atoms with E-state index in [1.807, 2.05) is 18.2 Å². The number of hydrogen-bond acceptors (Lipinski definition) is 6. The summed E-state index contributed by atoms with van der Waals surface area (Å²) in [6.45, 7) is 1.81. The second-order valence-corrected chi connectivity index (χ2v) is 8.92. The second-order valence-electron chi connectivity index (χ2n) is 8.92. The molecule has 1 aromatic heterocycles. The van der Waals surface area contributed by atoms with E-state index in [0.29, 0.717) is 10.8 Å². The number of carbonyl (C=O) groups excluding carboxylic acids is 3. The standard InChI is InChI=1S/C22H24N4O4/c27-13-14-10-22(11-14)5-7-25(8-6-22)16-2-1-15-12-23-26(21(30)17(15)9-16)18-3-4-19(28)24-20(18)29/h1-2,9,12-14,18H,3-8,10-11H2,(H,24,28,29). The first-order chi connectivity index (χ1) is 14.5. The normalized spacial score (nSPS) is 24.0. The summed E-state index contributed by atoms with van der Waals surface area (Å²) in [6, 6.07) is 5.02. The summed E-state index contributed by atoms with van der Waals surface area (Å²) < 4.78 is 1.20. The number of rotatable bonds is 3. The number of nitrogens with zero attached hydrogens (tertiary/aromatic N) is 3. The molecule has 2 aromatic rings. The SMILES string of the molecule is O=CC1CC2(CCN(c3ccc4cnn(C5CCC(=O)NC5=O)c(=O)c4c3)CC2)C1. The van der Waals surface area contributed by atoms with Crippen LogP contribution in [0.3, 0.4) is 0 Å². The predicted octanol–water partition coefficient (Wildman–Crippen LogP) is 1.57. The fraction of sp³-hybridized carbons (Fsp3) is 0.500. The van der Waals surface area contributed by atoms with Crippen LogP contribution in [0.4, 0.5) is 5.69 Å². The molecule has 30 heavy (non-hydrogen) atoms. The fourth-order valence-corrected chi connectivity index (χ4v) is 5.27. The monoisotopic (exact) mass is 408 g/mol. The Hall–Kier alpha value is -3.03. The lowest BCUT2D eigenvalue weighted by Gasteiger charge is -2.51. The third-order valence-electron chi connectivity index (χ3n) is 7.07. The Bertz CT molecular complexity index is 1090. The summed E-state index contributed by atoms with van der Waals surface area (Å²) >= 11 is 0. The van der Waals surface area contributed by atoms with Crippen molar-refractivity contribution in [3.63, 3.8) is 0 Å². The molecule has 3 heterocycles. The van der Waals surface area contributed by atoms with Gasteiger partial charge in [-0.05, 0) is 49.7 Å². The van der Waals surface area contributed by atoms with Crippen LogP contribution in [0.2, 0.25) is 0 Å². The van der Waals surface area contributed by atoms with E-state index < -0.39 is 11.9 Å². The van der Waals surface area contributed by atoms with E-state index in [9.17, 15) is 19.2 Å². The summed E-state index contributed by atoms with van der Waals surface area (Å²) in [5.41, 5.74) is 0.994. The van der Waals surface area contributed by atoms with Gasteiger partial charge in [-0.1, -0.05) is 6.07 Å². The van der Waals surface area contributed by atoms with Crippen molar-refractivity contribution in [3.8, 4) is 0 Å². The molecule has 3 fully saturated rings. The zero-order valence-corrected chi connectivity index (χ0v) is 16.7. The van der Waals surface area contributed by atoms with Crippen molar-refractivity contribution in [3.05, 3.63) is 34.7 Å². The predicted molar refractivity (Wildman–Crippen MR) is 110 cm³/mol. The molecule has 8 nitrogen and oxygen atoms in total. The molecule has 1 aromatic carbocycles. The minimum Gasteiger partial charge on any atom is -0.371 e. The third kappa shape index (κ3) is 3.11. The number of hydrogen-bond donors (Lipinski definition) is 1. The fourth-order valence-electron chi connectivity index (χ4n) is 5.27. The van der Waals surface area contributed by atoms with Crippen LogP contribution in [0, 0.1) is 11.3 Å². The number of fused-ring (bicyclic) bond motifs is 1. The highest BCUT2D eigenvalue weighted by atomic mass is 16.2. The Balaban J connectivity index is 1.40. The van der Waals surface area contributed by atoms with E-state index >= 15 is 0 Å². The van der Waals surface area contributed by atoms with E-state index in [4.69, 9.17) is 0 Å². The Morgan fingerprint density at radius 3 is 2.60 bits per heavy atom. The molecule has 1 atom stereocenters. The van der Waals surface area contributed by atoms with Gasteiger partial charge in [0, 0.05) is 36.5 Å². The smallest absolute Gasteiger partial charge is 0.275 e. The molecule has 3 aliphatic rings. The van der Waals surface area contributed by atoms with Gasteiger partial charge in [0.25, 0.3) is 11.5 Å². The summed E-state index contributed by atoms with van der Waals surface area (Å²) in [6.07, 6.45) is 7.29. The van der Waals surface area contributed by atoms with Crippen molar-refractivity contribution in [2.45, 2.75) is 44.6 Å². The van der Waals surface area contributed by atoms with Crippen LogP contribution in [0.1, 0.15) is 44.6 Å². The maximum Gasteiger partial charge on any atom is 0.275 e. The van der Waals surface area contributed by atoms with Gasteiger partial charge >= 0.3 is 0 Å². The van der Waals surface area contributed by atoms with Gasteiger partial charge in [-0.25, -0.2) is 4.68 Å². The number of aldehydes is 1. The summed E-state index contributed by atoms with van der Waals surface area (Å²) in [5, 5.41) is 7.73. The number of benzene rings is 1. The largest absolute Gasteiger partial charge is 0.371 e. The molecule has 8 heteroatoms. The number of carbonyl (C=O) groups is 3. The van der Waals surface area contributed by atoms with Gasteiger partial charge in [-0.15, -0.1) is 0 Å². The highest BCUT2D eigenvalue weighted by molar-refractivity contribution is 5.99. The Kier molecular flexibility index (Phi) is 4.45. The lowest BCUT2D eigenvalue weighted by Crippen LogP contribution is -2.47. The first-order valence-corrected chi connectivity index (χ1v) is 10.5. The third-order valence-corrected chi connectivity index (χ3v) is 7.07. The van der Waals surface area contributed by atoms with E-state index in [1.54, 1.807) is 6.20 Å². The molecule has 5 rings (SSSR count). The average Bonchev–Trinajstić information content (AvgIpc) is 2.73. The Morgan fingerprint density at radius 1 is 1.13 bits per heavy atom. The molecule has 1 aliphatic carbocycles. The Morgan fingerprint density at radius 2 is 1.90 bits per heavy atom. The van der Waals surface area contributed by atoms with Crippen molar-refractivity contribution >= 4 is 34.6 Å². The lowest BCUT2D eigenvalue weighted by molar-refractivity contribution is -0.136. The van der Waals surface area contributed by atoms with Gasteiger partial charge in [0.2, 0.25) is 5.91 Å². The molecule has 1 spiro atoms. The summed E-state index contributed by atoms with van der Waals surface area (Å²) in [7, 11) is 0. The van der Waals surface area contributed by atoms with Crippen molar-refractivity contribution in [1.29, 1.82) is 0 Å². The van der Waals surface area contributed by atoms with Gasteiger partial charge in [-0.3, -0.25) is 19.7 Å². The molecular weight excluding hydrogens is 384 g/mol. The van der Waals surface area contributed by atoms with E-state index in [-0.39, 0.29) is 30.2 Å². The lowest BCUT2D eigenvalue weighted by atomic mass is 9.58. The zero-order chi connectivity index (χ0) is 20.9. The molecule has 2 aliphatic heterocycles. The molecule has 156 valence electrons. The maximum absolute atomic E-state index is 13.1. The molecule has 1 N–H and O–H groups in total. The molecule has 1 saturated carbocycles. The van der Waals surface area contributed by atoms with Crippen LogP contribution in [0.15, 0.2) is 29.2 Å². The van der Waals surface area contributed by atoms with Crippen molar-refractivity contribution < 1.29 is 14.4 Å². The number of aromatic nitrogens is 2. The molecule has 2 amide bonds. The molecule has 0 bridgehead atoms. The highest BCUT2D eigenvalue weighted by Gasteiger charge is 2.45. The number of piperidine rings is 2. The number of amides is 2. The molecule has 2 saturated heterocycles. The Labute approximate surface area is 173 Å². The van der Waals surface area contributed by atoms with Gasteiger partial charge in [-0.2, -0.15) is 5.10 Å². The van der Waals surface area contributed by atoms with Gasteiger partial charge < -0.3 is 9.69 Å². The molecule has 1 unspecified atom stereocenters. The first-order valence-electron chi connectivity index (χ1n) is 10.5. The minimum atomic E-state index is -0.762. The quantitative estimate of drug-likeness (QED) is 0.611. The minimum absolute atomic E-state index is 0.198. The van der Waals surface area contributed by atoms with Gasteiger partial charge in [0.05, 0.1) is 11.6 Å². The van der Waals surface area contributed by atoms with Crippen LogP contribution in [-0.2, 0) is 14.4 Å². The van der Waals surface area contributed by atoms with Crippen LogP contribution in [0.25, 0.3) is 10.8 Å². The van der Waals surface area contributed by atoms with E-state index in [1.165, 1.54) is 4.68 Å². The topological polar surface area (TPSA) is 101 Å². The summed E-state index contributed by atoms with van der Waals surface area (Å²) in [5.74, 6) is -0.566. The van der Waals surface area contributed by atoms with E-state index in [0.717, 1.165) is 56.1 Å². The van der Waals surface area contributed by atoms with Crippen LogP contribution in [0.5, 0.6) is 0 Å². The van der Waals surface area contributed by atoms with Gasteiger partial charge in [0.1, 0.15) is 12.3 Å². The van der Waals surface area contributed by atoms with Gasteiger partial charge in [0.15, 0.2) is 0 Å². The van der Waals surface area contributed by atoms with Crippen LogP contribution in [-0.4, -0.2) is 41.0 Å². The molecule has 0 radical (unpaired) electrons. The first kappa shape index (κ1) is 19.0. The zero-order valence-electron chi connectivity index (χ0n) is 16.7.